The van der Waals surface area contributed by atoms with Gasteiger partial charge in [-0.1, -0.05) is 38.1 Å². The Morgan fingerprint density at radius 1 is 1.25 bits per heavy atom. The van der Waals surface area contributed by atoms with Gasteiger partial charge >= 0.3 is 0 Å². The first kappa shape index (κ1) is 14.9. The fourth-order valence-electron chi connectivity index (χ4n) is 2.52. The maximum absolute atomic E-state index is 4.30. The average Bonchev–Trinajstić information content (AvgIpc) is 3.23. The van der Waals surface area contributed by atoms with Crippen LogP contribution in [0.25, 0.3) is 0 Å². The standard InChI is InChI=1S/C17H27N3/c1-13-7-5-6-8-15(13)17(2,3)12-20-16(18-4)19-11-14-9-10-14/h5-8,14H,9-12H2,1-4H3,(H2,18,19,20). The first-order valence-electron chi connectivity index (χ1n) is 7.53. The van der Waals surface area contributed by atoms with Crippen molar-refractivity contribution in [3.8, 4) is 0 Å². The number of guanidine groups is 1. The minimum absolute atomic E-state index is 0.0859. The number of hydrogen-bond acceptors (Lipinski definition) is 1. The van der Waals surface area contributed by atoms with E-state index in [4.69, 9.17) is 0 Å². The number of benzene rings is 1. The summed E-state index contributed by atoms with van der Waals surface area (Å²) in [5, 5.41) is 6.87. The summed E-state index contributed by atoms with van der Waals surface area (Å²) >= 11 is 0. The molecular formula is C17H27N3. The van der Waals surface area contributed by atoms with Crippen LogP contribution in [0.2, 0.25) is 0 Å². The van der Waals surface area contributed by atoms with Crippen LogP contribution in [0.4, 0.5) is 0 Å². The minimum Gasteiger partial charge on any atom is -0.356 e. The van der Waals surface area contributed by atoms with Crippen molar-refractivity contribution < 1.29 is 0 Å². The highest BCUT2D eigenvalue weighted by Crippen LogP contribution is 2.27. The molecule has 0 spiro atoms. The Kier molecular flexibility index (Phi) is 4.69. The zero-order valence-corrected chi connectivity index (χ0v) is 13.2. The molecular weight excluding hydrogens is 246 g/mol. The van der Waals surface area contributed by atoms with E-state index in [0.717, 1.165) is 25.0 Å². The second-order valence-corrected chi connectivity index (χ2v) is 6.45. The van der Waals surface area contributed by atoms with Crippen molar-refractivity contribution in [3.05, 3.63) is 35.4 Å². The van der Waals surface area contributed by atoms with Crippen molar-refractivity contribution in [2.75, 3.05) is 20.1 Å². The Morgan fingerprint density at radius 2 is 1.95 bits per heavy atom. The second-order valence-electron chi connectivity index (χ2n) is 6.45. The molecule has 2 N–H and O–H groups in total. The number of rotatable bonds is 5. The molecule has 2 rings (SSSR count). The molecule has 20 heavy (non-hydrogen) atoms. The van der Waals surface area contributed by atoms with Gasteiger partial charge in [-0.2, -0.15) is 0 Å². The molecule has 0 heterocycles. The molecule has 0 aromatic heterocycles. The summed E-state index contributed by atoms with van der Waals surface area (Å²) in [5.41, 5.74) is 2.83. The van der Waals surface area contributed by atoms with Crippen LogP contribution in [0.5, 0.6) is 0 Å². The lowest BCUT2D eigenvalue weighted by atomic mass is 9.82. The van der Waals surface area contributed by atoms with E-state index in [2.05, 4.69) is 60.7 Å². The molecule has 1 saturated carbocycles. The van der Waals surface area contributed by atoms with E-state index in [0.29, 0.717) is 0 Å². The zero-order chi connectivity index (χ0) is 14.6. The van der Waals surface area contributed by atoms with E-state index in [-0.39, 0.29) is 5.41 Å². The maximum Gasteiger partial charge on any atom is 0.191 e. The van der Waals surface area contributed by atoms with E-state index in [1.165, 1.54) is 24.0 Å². The first-order valence-corrected chi connectivity index (χ1v) is 7.53. The molecule has 110 valence electrons. The Labute approximate surface area is 122 Å². The first-order chi connectivity index (χ1) is 9.53. The lowest BCUT2D eigenvalue weighted by Gasteiger charge is -2.28. The molecule has 0 atom stereocenters. The highest BCUT2D eigenvalue weighted by Gasteiger charge is 2.24. The van der Waals surface area contributed by atoms with Crippen molar-refractivity contribution in [2.24, 2.45) is 10.9 Å². The molecule has 0 amide bonds. The third-order valence-corrected chi connectivity index (χ3v) is 4.05. The van der Waals surface area contributed by atoms with Crippen LogP contribution in [0.15, 0.2) is 29.3 Å². The molecule has 1 fully saturated rings. The zero-order valence-electron chi connectivity index (χ0n) is 13.2. The maximum atomic E-state index is 4.30. The molecule has 0 aliphatic heterocycles. The summed E-state index contributed by atoms with van der Waals surface area (Å²) in [4.78, 5) is 4.30. The van der Waals surface area contributed by atoms with Gasteiger partial charge in [0.25, 0.3) is 0 Å². The van der Waals surface area contributed by atoms with Gasteiger partial charge in [-0.15, -0.1) is 0 Å². The molecule has 3 nitrogen and oxygen atoms in total. The summed E-state index contributed by atoms with van der Waals surface area (Å²) in [6, 6.07) is 8.61. The van der Waals surface area contributed by atoms with E-state index in [9.17, 15) is 0 Å². The van der Waals surface area contributed by atoms with Crippen LogP contribution >= 0.6 is 0 Å². The third kappa shape index (κ3) is 3.99. The topological polar surface area (TPSA) is 36.4 Å². The normalized spacial score (nSPS) is 16.1. The van der Waals surface area contributed by atoms with Crippen LogP contribution < -0.4 is 10.6 Å². The summed E-state index contributed by atoms with van der Waals surface area (Å²) in [7, 11) is 1.84. The Balaban J connectivity index is 1.91. The fraction of sp³-hybridized carbons (Fsp3) is 0.588. The van der Waals surface area contributed by atoms with Crippen molar-refractivity contribution in [1.82, 2.24) is 10.6 Å². The number of nitrogens with one attached hydrogen (secondary N) is 2. The molecule has 0 unspecified atom stereocenters. The van der Waals surface area contributed by atoms with Crippen molar-refractivity contribution >= 4 is 5.96 Å². The van der Waals surface area contributed by atoms with Gasteiger partial charge in [-0.3, -0.25) is 4.99 Å². The molecule has 3 heteroatoms. The molecule has 0 radical (unpaired) electrons. The lowest BCUT2D eigenvalue weighted by molar-refractivity contribution is 0.505. The number of hydrogen-bond donors (Lipinski definition) is 2. The minimum atomic E-state index is 0.0859. The van der Waals surface area contributed by atoms with Gasteiger partial charge < -0.3 is 10.6 Å². The van der Waals surface area contributed by atoms with Gasteiger partial charge in [0, 0.05) is 25.6 Å². The van der Waals surface area contributed by atoms with E-state index >= 15 is 0 Å². The van der Waals surface area contributed by atoms with Crippen LogP contribution in [-0.2, 0) is 5.41 Å². The highest BCUT2D eigenvalue weighted by atomic mass is 15.2. The van der Waals surface area contributed by atoms with Gasteiger partial charge in [0.2, 0.25) is 0 Å². The van der Waals surface area contributed by atoms with Crippen molar-refractivity contribution in [1.29, 1.82) is 0 Å². The van der Waals surface area contributed by atoms with Crippen LogP contribution in [0.3, 0.4) is 0 Å². The Morgan fingerprint density at radius 3 is 2.55 bits per heavy atom. The van der Waals surface area contributed by atoms with Gasteiger partial charge in [-0.05, 0) is 36.8 Å². The van der Waals surface area contributed by atoms with Crippen LogP contribution in [0.1, 0.15) is 37.8 Å². The van der Waals surface area contributed by atoms with Crippen molar-refractivity contribution in [3.63, 3.8) is 0 Å². The average molecular weight is 273 g/mol. The molecule has 1 aliphatic carbocycles. The van der Waals surface area contributed by atoms with Gasteiger partial charge in [0.15, 0.2) is 5.96 Å². The van der Waals surface area contributed by atoms with Crippen LogP contribution in [0, 0.1) is 12.8 Å². The van der Waals surface area contributed by atoms with E-state index < -0.39 is 0 Å². The second kappa shape index (κ2) is 6.29. The summed E-state index contributed by atoms with van der Waals surface area (Å²) < 4.78 is 0. The molecule has 0 saturated heterocycles. The third-order valence-electron chi connectivity index (χ3n) is 4.05. The van der Waals surface area contributed by atoms with Gasteiger partial charge in [0.05, 0.1) is 0 Å². The van der Waals surface area contributed by atoms with Gasteiger partial charge in [-0.25, -0.2) is 0 Å². The SMILES string of the molecule is CN=C(NCC1CC1)NCC(C)(C)c1ccccc1C. The number of nitrogens with zero attached hydrogens (tertiary/aromatic N) is 1. The summed E-state index contributed by atoms with van der Waals surface area (Å²) in [6.45, 7) is 8.65. The smallest absolute Gasteiger partial charge is 0.191 e. The van der Waals surface area contributed by atoms with Crippen molar-refractivity contribution in [2.45, 2.75) is 39.0 Å². The molecule has 1 aliphatic rings. The van der Waals surface area contributed by atoms with E-state index in [1.54, 1.807) is 0 Å². The monoisotopic (exact) mass is 273 g/mol. The lowest BCUT2D eigenvalue weighted by Crippen LogP contribution is -2.44. The molecule has 1 aromatic carbocycles. The Bertz CT molecular complexity index is 473. The van der Waals surface area contributed by atoms with Gasteiger partial charge in [0.1, 0.15) is 0 Å². The number of aryl methyl sites for hydroxylation is 1. The predicted molar refractivity (Wildman–Crippen MR) is 86.3 cm³/mol. The number of aliphatic imine (C=N–C) groups is 1. The highest BCUT2D eigenvalue weighted by molar-refractivity contribution is 5.79. The quantitative estimate of drug-likeness (QED) is 0.639. The predicted octanol–water partition coefficient (Wildman–Crippen LogP) is 2.85. The summed E-state index contributed by atoms with van der Waals surface area (Å²) in [5.74, 6) is 1.77. The fourth-order valence-corrected chi connectivity index (χ4v) is 2.52. The van der Waals surface area contributed by atoms with Crippen LogP contribution in [-0.4, -0.2) is 26.1 Å². The molecule has 1 aromatic rings. The Hall–Kier alpha value is -1.51. The molecule has 0 bridgehead atoms. The van der Waals surface area contributed by atoms with E-state index in [1.807, 2.05) is 7.05 Å². The summed E-state index contributed by atoms with van der Waals surface area (Å²) in [6.07, 6.45) is 2.72. The largest absolute Gasteiger partial charge is 0.356 e.